The molecule has 0 aliphatic heterocycles. The molecule has 0 saturated heterocycles. The Bertz CT molecular complexity index is 860. The second kappa shape index (κ2) is 7.77. The van der Waals surface area contributed by atoms with Crippen LogP contribution in [0.5, 0.6) is 0 Å². The van der Waals surface area contributed by atoms with Crippen LogP contribution in [0.2, 0.25) is 0 Å². The van der Waals surface area contributed by atoms with Crippen LogP contribution < -0.4 is 10.6 Å². The third-order valence-corrected chi connectivity index (χ3v) is 4.55. The second-order valence-corrected chi connectivity index (χ2v) is 6.58. The highest BCUT2D eigenvalue weighted by Gasteiger charge is 2.23. The number of thiophene rings is 1. The molecule has 4 nitrogen and oxygen atoms in total. The molecule has 3 rings (SSSR count). The van der Waals surface area contributed by atoms with E-state index in [1.165, 1.54) is 11.3 Å². The maximum atomic E-state index is 12.8. The molecule has 2 aromatic carbocycles. The molecule has 126 valence electrons. The van der Waals surface area contributed by atoms with Crippen molar-refractivity contribution < 1.29 is 9.59 Å². The Labute approximate surface area is 150 Å². The van der Waals surface area contributed by atoms with Crippen molar-refractivity contribution in [1.29, 1.82) is 0 Å². The quantitative estimate of drug-likeness (QED) is 0.520. The zero-order valence-corrected chi connectivity index (χ0v) is 14.5. The van der Waals surface area contributed by atoms with E-state index in [9.17, 15) is 9.59 Å². The Morgan fingerprint density at radius 1 is 0.960 bits per heavy atom. The highest BCUT2D eigenvalue weighted by Crippen LogP contribution is 2.16. The molecule has 2 N–H and O–H groups in total. The Balaban J connectivity index is 1.83. The molecule has 0 radical (unpaired) electrons. The van der Waals surface area contributed by atoms with E-state index in [4.69, 9.17) is 0 Å². The first kappa shape index (κ1) is 16.9. The molecule has 1 amide bonds. The molecule has 0 unspecified atom stereocenters. The predicted octanol–water partition coefficient (Wildman–Crippen LogP) is 4.11. The number of anilines is 1. The first-order valence-corrected chi connectivity index (χ1v) is 8.78. The van der Waals surface area contributed by atoms with Crippen molar-refractivity contribution in [2.75, 3.05) is 5.32 Å². The van der Waals surface area contributed by atoms with Crippen LogP contribution >= 0.6 is 11.3 Å². The van der Waals surface area contributed by atoms with Gasteiger partial charge in [0.05, 0.1) is 4.88 Å². The van der Waals surface area contributed by atoms with Crippen LogP contribution in [0.15, 0.2) is 72.1 Å². The molecule has 5 heteroatoms. The maximum absolute atomic E-state index is 12.8. The van der Waals surface area contributed by atoms with Crippen molar-refractivity contribution in [3.63, 3.8) is 0 Å². The summed E-state index contributed by atoms with van der Waals surface area (Å²) < 4.78 is 0. The van der Waals surface area contributed by atoms with Crippen molar-refractivity contribution >= 4 is 28.7 Å². The average molecular weight is 350 g/mol. The summed E-state index contributed by atoms with van der Waals surface area (Å²) in [4.78, 5) is 25.9. The summed E-state index contributed by atoms with van der Waals surface area (Å²) in [5, 5.41) is 7.77. The van der Waals surface area contributed by atoms with Gasteiger partial charge in [-0.1, -0.05) is 36.4 Å². The summed E-state index contributed by atoms with van der Waals surface area (Å²) in [7, 11) is 0. The molecule has 0 bridgehead atoms. The molecule has 0 fully saturated rings. The number of aryl methyl sites for hydroxylation is 1. The third-order valence-electron chi connectivity index (χ3n) is 3.67. The van der Waals surface area contributed by atoms with E-state index in [2.05, 4.69) is 10.6 Å². The molecular weight excluding hydrogens is 332 g/mol. The number of rotatable bonds is 6. The zero-order valence-electron chi connectivity index (χ0n) is 13.7. The van der Waals surface area contributed by atoms with E-state index < -0.39 is 6.17 Å². The fourth-order valence-corrected chi connectivity index (χ4v) is 3.13. The molecule has 3 aromatic rings. The minimum Gasteiger partial charge on any atom is -0.359 e. The van der Waals surface area contributed by atoms with Gasteiger partial charge in [-0.3, -0.25) is 9.59 Å². The number of carbonyl (C=O) groups is 2. The summed E-state index contributed by atoms with van der Waals surface area (Å²) in [6.45, 7) is 1.98. The van der Waals surface area contributed by atoms with Gasteiger partial charge in [0.15, 0.2) is 6.17 Å². The van der Waals surface area contributed by atoms with Crippen LogP contribution in [-0.2, 0) is 0 Å². The zero-order chi connectivity index (χ0) is 17.6. The Morgan fingerprint density at radius 3 is 2.44 bits per heavy atom. The van der Waals surface area contributed by atoms with E-state index in [0.29, 0.717) is 10.4 Å². The molecule has 0 saturated carbocycles. The lowest BCUT2D eigenvalue weighted by atomic mass is 10.1. The SMILES string of the molecule is Cc1cccc(N[C@@H](NC(=O)c2ccccc2)C(=O)c2cccs2)c1. The molecule has 0 spiro atoms. The molecular formula is C20H18N2O2S. The minimum absolute atomic E-state index is 0.166. The monoisotopic (exact) mass is 350 g/mol. The topological polar surface area (TPSA) is 58.2 Å². The third kappa shape index (κ3) is 4.33. The Hall–Kier alpha value is -2.92. The van der Waals surface area contributed by atoms with Crippen molar-refractivity contribution in [2.24, 2.45) is 0 Å². The van der Waals surface area contributed by atoms with Gasteiger partial charge in [0.1, 0.15) is 0 Å². The van der Waals surface area contributed by atoms with Crippen LogP contribution in [0.3, 0.4) is 0 Å². The predicted molar refractivity (Wildman–Crippen MR) is 101 cm³/mol. The summed E-state index contributed by atoms with van der Waals surface area (Å²) in [6, 6.07) is 20.1. The van der Waals surface area contributed by atoms with E-state index >= 15 is 0 Å². The number of ketones is 1. The lowest BCUT2D eigenvalue weighted by molar-refractivity contribution is 0.0871. The first-order chi connectivity index (χ1) is 12.1. The molecule has 25 heavy (non-hydrogen) atoms. The Kier molecular flexibility index (Phi) is 5.26. The second-order valence-electron chi connectivity index (χ2n) is 5.63. The van der Waals surface area contributed by atoms with Gasteiger partial charge in [-0.15, -0.1) is 11.3 Å². The van der Waals surface area contributed by atoms with Gasteiger partial charge in [-0.2, -0.15) is 0 Å². The van der Waals surface area contributed by atoms with Gasteiger partial charge in [0, 0.05) is 11.3 Å². The van der Waals surface area contributed by atoms with E-state index in [1.54, 1.807) is 30.3 Å². The highest BCUT2D eigenvalue weighted by atomic mass is 32.1. The molecule has 0 aliphatic rings. The summed E-state index contributed by atoms with van der Waals surface area (Å²) >= 11 is 1.36. The van der Waals surface area contributed by atoms with E-state index in [-0.39, 0.29) is 11.7 Å². The standard InChI is InChI=1S/C20H18N2O2S/c1-14-7-5-10-16(13-14)21-19(18(23)17-11-6-12-25-17)22-20(24)15-8-3-2-4-9-15/h2-13,19,21H,1H3,(H,22,24)/t19-/m0/s1. The lowest BCUT2D eigenvalue weighted by Gasteiger charge is -2.20. The Morgan fingerprint density at radius 2 is 1.76 bits per heavy atom. The largest absolute Gasteiger partial charge is 0.359 e. The van der Waals surface area contributed by atoms with Crippen LogP contribution in [-0.4, -0.2) is 17.9 Å². The number of Topliss-reactive ketones (excluding diaryl/α,β-unsaturated/α-hetero) is 1. The van der Waals surface area contributed by atoms with Gasteiger partial charge in [0.2, 0.25) is 5.78 Å². The molecule has 1 atom stereocenters. The molecule has 0 aliphatic carbocycles. The summed E-state index contributed by atoms with van der Waals surface area (Å²) in [5.74, 6) is -0.462. The first-order valence-electron chi connectivity index (χ1n) is 7.90. The normalized spacial score (nSPS) is 11.6. The lowest BCUT2D eigenvalue weighted by Crippen LogP contribution is -2.46. The minimum atomic E-state index is -0.840. The number of nitrogens with one attached hydrogen (secondary N) is 2. The van der Waals surface area contributed by atoms with Gasteiger partial charge in [-0.05, 0) is 48.2 Å². The van der Waals surface area contributed by atoms with E-state index in [0.717, 1.165) is 11.3 Å². The van der Waals surface area contributed by atoms with Crippen LogP contribution in [0.1, 0.15) is 25.6 Å². The summed E-state index contributed by atoms with van der Waals surface area (Å²) in [5.41, 5.74) is 2.36. The fourth-order valence-electron chi connectivity index (χ4n) is 2.43. The maximum Gasteiger partial charge on any atom is 0.253 e. The molecule has 1 aromatic heterocycles. The van der Waals surface area contributed by atoms with Gasteiger partial charge in [-0.25, -0.2) is 0 Å². The smallest absolute Gasteiger partial charge is 0.253 e. The van der Waals surface area contributed by atoms with Gasteiger partial charge in [0.25, 0.3) is 5.91 Å². The molecule has 1 heterocycles. The van der Waals surface area contributed by atoms with Crippen LogP contribution in [0, 0.1) is 6.92 Å². The van der Waals surface area contributed by atoms with Gasteiger partial charge < -0.3 is 10.6 Å². The van der Waals surface area contributed by atoms with Crippen molar-refractivity contribution in [2.45, 2.75) is 13.1 Å². The number of carbonyl (C=O) groups excluding carboxylic acids is 2. The summed E-state index contributed by atoms with van der Waals surface area (Å²) in [6.07, 6.45) is -0.840. The fraction of sp³-hybridized carbons (Fsp3) is 0.100. The number of benzene rings is 2. The number of amides is 1. The van der Waals surface area contributed by atoms with Crippen LogP contribution in [0.4, 0.5) is 5.69 Å². The van der Waals surface area contributed by atoms with E-state index in [1.807, 2.05) is 48.7 Å². The van der Waals surface area contributed by atoms with Crippen molar-refractivity contribution in [3.8, 4) is 0 Å². The average Bonchev–Trinajstić information content (AvgIpc) is 3.16. The number of hydrogen-bond acceptors (Lipinski definition) is 4. The van der Waals surface area contributed by atoms with Gasteiger partial charge >= 0.3 is 0 Å². The number of hydrogen-bond donors (Lipinski definition) is 2. The highest BCUT2D eigenvalue weighted by molar-refractivity contribution is 7.12. The van der Waals surface area contributed by atoms with Crippen LogP contribution in [0.25, 0.3) is 0 Å². The van der Waals surface area contributed by atoms with Crippen molar-refractivity contribution in [3.05, 3.63) is 88.1 Å². The van der Waals surface area contributed by atoms with Crippen molar-refractivity contribution in [1.82, 2.24) is 5.32 Å².